The van der Waals surface area contributed by atoms with E-state index >= 15 is 0 Å². The number of amides is 1. The van der Waals surface area contributed by atoms with Crippen LogP contribution in [0.25, 0.3) is 0 Å². The highest BCUT2D eigenvalue weighted by molar-refractivity contribution is 7.13. The highest BCUT2D eigenvalue weighted by Gasteiger charge is 2.27. The van der Waals surface area contributed by atoms with E-state index in [1.165, 1.54) is 11.3 Å². The van der Waals surface area contributed by atoms with Crippen molar-refractivity contribution in [3.05, 3.63) is 11.6 Å². The smallest absolute Gasteiger partial charge is 0.345 e. The summed E-state index contributed by atoms with van der Waals surface area (Å²) in [7, 11) is 0. The number of halogens is 3. The zero-order chi connectivity index (χ0) is 14.6. The lowest BCUT2D eigenvalue weighted by Gasteiger charge is -2.34. The molecule has 9 heteroatoms. The number of anilines is 1. The summed E-state index contributed by atoms with van der Waals surface area (Å²) < 4.78 is 35.9. The van der Waals surface area contributed by atoms with Crippen molar-refractivity contribution in [2.75, 3.05) is 44.2 Å². The molecular formula is C11H15F3N4OS. The number of aromatic nitrogens is 1. The fourth-order valence-corrected chi connectivity index (χ4v) is 2.64. The Morgan fingerprint density at radius 1 is 1.35 bits per heavy atom. The van der Waals surface area contributed by atoms with Gasteiger partial charge in [0.2, 0.25) is 5.91 Å². The summed E-state index contributed by atoms with van der Waals surface area (Å²) in [6.07, 6.45) is -2.57. The number of hydrogen-bond donors (Lipinski definition) is 1. The third-order valence-electron chi connectivity index (χ3n) is 2.92. The Morgan fingerprint density at radius 2 is 2.05 bits per heavy atom. The molecule has 112 valence electrons. The molecule has 0 atom stereocenters. The third-order valence-corrected chi connectivity index (χ3v) is 3.76. The number of alkyl halides is 3. The van der Waals surface area contributed by atoms with Crippen molar-refractivity contribution in [3.63, 3.8) is 0 Å². The standard InChI is InChI=1S/C11H15F3N4OS/c12-11(13,14)8-15-7-9(19)17-2-4-18(5-3-17)10-16-1-6-20-10/h1,6,15H,2-5,7-8H2. The van der Waals surface area contributed by atoms with Gasteiger partial charge in [0.1, 0.15) is 0 Å². The van der Waals surface area contributed by atoms with E-state index in [1.807, 2.05) is 5.38 Å². The first-order chi connectivity index (χ1) is 9.46. The van der Waals surface area contributed by atoms with Gasteiger partial charge in [-0.25, -0.2) is 4.98 Å². The Hall–Kier alpha value is -1.35. The van der Waals surface area contributed by atoms with Gasteiger partial charge < -0.3 is 15.1 Å². The van der Waals surface area contributed by atoms with Crippen molar-refractivity contribution < 1.29 is 18.0 Å². The van der Waals surface area contributed by atoms with Crippen molar-refractivity contribution in [3.8, 4) is 0 Å². The van der Waals surface area contributed by atoms with Crippen LogP contribution in [0.15, 0.2) is 11.6 Å². The van der Waals surface area contributed by atoms with Crippen LogP contribution in [0.4, 0.5) is 18.3 Å². The second kappa shape index (κ2) is 6.40. The van der Waals surface area contributed by atoms with E-state index in [9.17, 15) is 18.0 Å². The molecule has 1 fully saturated rings. The summed E-state index contributed by atoms with van der Waals surface area (Å²) in [5.41, 5.74) is 0. The molecule has 0 radical (unpaired) electrons. The molecule has 0 unspecified atom stereocenters. The van der Waals surface area contributed by atoms with E-state index in [4.69, 9.17) is 0 Å². The van der Waals surface area contributed by atoms with Crippen LogP contribution in [0.5, 0.6) is 0 Å². The number of nitrogens with zero attached hydrogens (tertiary/aromatic N) is 3. The topological polar surface area (TPSA) is 48.5 Å². The molecule has 1 aromatic rings. The predicted octanol–water partition coefficient (Wildman–Crippen LogP) is 0.944. The molecule has 1 saturated heterocycles. The van der Waals surface area contributed by atoms with Gasteiger partial charge in [-0.15, -0.1) is 11.3 Å². The number of piperazine rings is 1. The Morgan fingerprint density at radius 3 is 2.60 bits per heavy atom. The molecule has 20 heavy (non-hydrogen) atoms. The molecule has 0 saturated carbocycles. The van der Waals surface area contributed by atoms with Gasteiger partial charge in [-0.3, -0.25) is 4.79 Å². The van der Waals surface area contributed by atoms with E-state index in [0.717, 1.165) is 5.13 Å². The summed E-state index contributed by atoms with van der Waals surface area (Å²) in [5, 5.41) is 4.91. The fraction of sp³-hybridized carbons (Fsp3) is 0.636. The van der Waals surface area contributed by atoms with Gasteiger partial charge in [0.15, 0.2) is 5.13 Å². The van der Waals surface area contributed by atoms with E-state index in [1.54, 1.807) is 11.1 Å². The van der Waals surface area contributed by atoms with Crippen molar-refractivity contribution in [2.24, 2.45) is 0 Å². The Kier molecular flexibility index (Phi) is 4.81. The van der Waals surface area contributed by atoms with Crippen molar-refractivity contribution in [1.82, 2.24) is 15.2 Å². The van der Waals surface area contributed by atoms with Gasteiger partial charge in [-0.1, -0.05) is 0 Å². The molecule has 0 spiro atoms. The number of nitrogens with one attached hydrogen (secondary N) is 1. The van der Waals surface area contributed by atoms with E-state index < -0.39 is 12.7 Å². The molecule has 1 aromatic heterocycles. The second-order valence-corrected chi connectivity index (χ2v) is 5.27. The van der Waals surface area contributed by atoms with Gasteiger partial charge in [0.25, 0.3) is 0 Å². The van der Waals surface area contributed by atoms with Crippen molar-refractivity contribution >= 4 is 22.4 Å². The largest absolute Gasteiger partial charge is 0.401 e. The summed E-state index contributed by atoms with van der Waals surface area (Å²) in [6.45, 7) is 0.893. The molecule has 1 amide bonds. The van der Waals surface area contributed by atoms with Gasteiger partial charge in [-0.05, 0) is 0 Å². The Labute approximate surface area is 118 Å². The van der Waals surface area contributed by atoms with Crippen LogP contribution in [0, 0.1) is 0 Å². The second-order valence-electron chi connectivity index (χ2n) is 4.40. The molecular weight excluding hydrogens is 293 g/mol. The maximum atomic E-state index is 12.0. The van der Waals surface area contributed by atoms with Crippen molar-refractivity contribution in [1.29, 1.82) is 0 Å². The monoisotopic (exact) mass is 308 g/mol. The Balaban J connectivity index is 1.72. The Bertz CT molecular complexity index is 429. The third kappa shape index (κ3) is 4.34. The SMILES string of the molecule is O=C(CNCC(F)(F)F)N1CCN(c2nccs2)CC1. The molecule has 2 rings (SSSR count). The number of hydrogen-bond acceptors (Lipinski definition) is 5. The molecule has 1 N–H and O–H groups in total. The number of thiazole rings is 1. The normalized spacial score (nSPS) is 16.6. The molecule has 1 aliphatic heterocycles. The maximum absolute atomic E-state index is 12.0. The van der Waals surface area contributed by atoms with Crippen LogP contribution in [0.3, 0.4) is 0 Å². The average molecular weight is 308 g/mol. The average Bonchev–Trinajstić information content (AvgIpc) is 2.91. The van der Waals surface area contributed by atoms with Crippen LogP contribution in [-0.2, 0) is 4.79 Å². The van der Waals surface area contributed by atoms with Gasteiger partial charge >= 0.3 is 6.18 Å². The highest BCUT2D eigenvalue weighted by atomic mass is 32.1. The van der Waals surface area contributed by atoms with Crippen molar-refractivity contribution in [2.45, 2.75) is 6.18 Å². The molecule has 2 heterocycles. The first kappa shape index (κ1) is 15.0. The quantitative estimate of drug-likeness (QED) is 0.899. The molecule has 1 aliphatic rings. The van der Waals surface area contributed by atoms with Gasteiger partial charge in [-0.2, -0.15) is 13.2 Å². The lowest BCUT2D eigenvalue weighted by Crippen LogP contribution is -2.51. The minimum absolute atomic E-state index is 0.281. The first-order valence-electron chi connectivity index (χ1n) is 6.15. The minimum atomic E-state index is -4.29. The van der Waals surface area contributed by atoms with Gasteiger partial charge in [0.05, 0.1) is 13.1 Å². The van der Waals surface area contributed by atoms with Crippen LogP contribution >= 0.6 is 11.3 Å². The van der Waals surface area contributed by atoms with E-state index in [0.29, 0.717) is 26.2 Å². The summed E-state index contributed by atoms with van der Waals surface area (Å²) in [5.74, 6) is -0.298. The zero-order valence-corrected chi connectivity index (χ0v) is 11.5. The zero-order valence-electron chi connectivity index (χ0n) is 10.7. The molecule has 0 aliphatic carbocycles. The molecule has 0 aromatic carbocycles. The summed E-state index contributed by atoms with van der Waals surface area (Å²) >= 11 is 1.53. The molecule has 0 bridgehead atoms. The lowest BCUT2D eigenvalue weighted by molar-refractivity contribution is -0.134. The lowest BCUT2D eigenvalue weighted by atomic mass is 10.3. The van der Waals surface area contributed by atoms with E-state index in [-0.39, 0.29) is 12.5 Å². The van der Waals surface area contributed by atoms with Gasteiger partial charge in [0, 0.05) is 37.8 Å². The predicted molar refractivity (Wildman–Crippen MR) is 69.8 cm³/mol. The maximum Gasteiger partial charge on any atom is 0.401 e. The van der Waals surface area contributed by atoms with E-state index in [2.05, 4.69) is 15.2 Å². The first-order valence-corrected chi connectivity index (χ1v) is 7.03. The van der Waals surface area contributed by atoms with Crippen LogP contribution in [-0.4, -0.2) is 61.2 Å². The summed E-state index contributed by atoms with van der Waals surface area (Å²) in [6, 6.07) is 0. The van der Waals surface area contributed by atoms with Crippen LogP contribution in [0.2, 0.25) is 0 Å². The van der Waals surface area contributed by atoms with Crippen LogP contribution in [0.1, 0.15) is 0 Å². The fourth-order valence-electron chi connectivity index (χ4n) is 1.94. The molecule has 5 nitrogen and oxygen atoms in total. The summed E-state index contributed by atoms with van der Waals surface area (Å²) in [4.78, 5) is 19.6. The number of rotatable bonds is 4. The number of carbonyl (C=O) groups excluding carboxylic acids is 1. The highest BCUT2D eigenvalue weighted by Crippen LogP contribution is 2.18. The van der Waals surface area contributed by atoms with Crippen LogP contribution < -0.4 is 10.2 Å². The minimum Gasteiger partial charge on any atom is -0.345 e. The number of carbonyl (C=O) groups is 1.